The fraction of sp³-hybridized carbons (Fsp3) is 0.857. The Morgan fingerprint density at radius 1 is 1.40 bits per heavy atom. The number of oxime groups is 1. The number of rotatable bonds is 10. The minimum absolute atomic E-state index is 0.0239. The smallest absolute Gasteiger partial charge is 0.234 e. The van der Waals surface area contributed by atoms with Crippen LogP contribution in [-0.2, 0) is 4.79 Å². The molecule has 0 aliphatic carbocycles. The minimum atomic E-state index is -0.883. The van der Waals surface area contributed by atoms with Crippen molar-refractivity contribution in [1.29, 1.82) is 0 Å². The molecule has 1 atom stereocenters. The van der Waals surface area contributed by atoms with Crippen LogP contribution in [0.4, 0.5) is 0 Å². The van der Waals surface area contributed by atoms with E-state index in [0.717, 1.165) is 25.0 Å². The van der Waals surface area contributed by atoms with Gasteiger partial charge in [0.15, 0.2) is 5.84 Å². The molecule has 1 unspecified atom stereocenters. The van der Waals surface area contributed by atoms with E-state index in [0.29, 0.717) is 12.8 Å². The van der Waals surface area contributed by atoms with Crippen LogP contribution in [0.25, 0.3) is 0 Å². The highest BCUT2D eigenvalue weighted by molar-refractivity contribution is 7.98. The SMILES string of the molecule is CCCC(CCC)(C(=O)NC(C)CCSC)C(N)=NO. The van der Waals surface area contributed by atoms with E-state index < -0.39 is 5.41 Å². The molecule has 0 aromatic rings. The van der Waals surface area contributed by atoms with Gasteiger partial charge in [0, 0.05) is 6.04 Å². The molecule has 6 heteroatoms. The van der Waals surface area contributed by atoms with Gasteiger partial charge in [0.05, 0.1) is 0 Å². The van der Waals surface area contributed by atoms with Crippen LogP contribution in [0.1, 0.15) is 52.9 Å². The molecule has 20 heavy (non-hydrogen) atoms. The van der Waals surface area contributed by atoms with Crippen molar-refractivity contribution in [2.24, 2.45) is 16.3 Å². The van der Waals surface area contributed by atoms with E-state index >= 15 is 0 Å². The molecule has 0 rings (SSSR count). The van der Waals surface area contributed by atoms with Gasteiger partial charge in [-0.1, -0.05) is 31.8 Å². The molecule has 4 N–H and O–H groups in total. The number of amidine groups is 1. The zero-order chi connectivity index (χ0) is 15.6. The highest BCUT2D eigenvalue weighted by atomic mass is 32.2. The maximum absolute atomic E-state index is 12.6. The summed E-state index contributed by atoms with van der Waals surface area (Å²) in [5, 5.41) is 15.2. The third-order valence-corrected chi connectivity index (χ3v) is 4.16. The minimum Gasteiger partial charge on any atom is -0.409 e. The summed E-state index contributed by atoms with van der Waals surface area (Å²) in [5.74, 6) is 0.903. The summed E-state index contributed by atoms with van der Waals surface area (Å²) in [5.41, 5.74) is 4.95. The lowest BCUT2D eigenvalue weighted by Gasteiger charge is -2.32. The van der Waals surface area contributed by atoms with Crippen LogP contribution in [0.15, 0.2) is 5.16 Å². The Morgan fingerprint density at radius 2 is 1.95 bits per heavy atom. The number of hydrogen-bond donors (Lipinski definition) is 3. The topological polar surface area (TPSA) is 87.7 Å². The van der Waals surface area contributed by atoms with E-state index in [-0.39, 0.29) is 17.8 Å². The summed E-state index contributed by atoms with van der Waals surface area (Å²) in [6, 6.07) is 0.0922. The molecule has 0 saturated carbocycles. The predicted octanol–water partition coefficient (Wildman–Crippen LogP) is 2.58. The number of carbonyl (C=O) groups is 1. The maximum atomic E-state index is 12.6. The first-order valence-corrected chi connectivity index (χ1v) is 8.65. The standard InChI is InChI=1S/C14H29N3O2S/c1-5-8-14(9-6-2,12(15)17-19)13(18)16-11(3)7-10-20-4/h11,19H,5-10H2,1-4H3,(H2,15,17)(H,16,18). The average molecular weight is 303 g/mol. The number of carbonyl (C=O) groups excluding carboxylic acids is 1. The lowest BCUT2D eigenvalue weighted by atomic mass is 9.77. The normalized spacial score (nSPS) is 14.1. The molecule has 118 valence electrons. The van der Waals surface area contributed by atoms with Gasteiger partial charge in [-0.15, -0.1) is 0 Å². The van der Waals surface area contributed by atoms with Crippen molar-refractivity contribution in [2.75, 3.05) is 12.0 Å². The monoisotopic (exact) mass is 303 g/mol. The molecule has 0 fully saturated rings. The fourth-order valence-corrected chi connectivity index (χ4v) is 2.99. The Kier molecular flexibility index (Phi) is 9.46. The molecule has 0 aromatic carbocycles. The third kappa shape index (κ3) is 5.23. The molecule has 0 aromatic heterocycles. The van der Waals surface area contributed by atoms with Crippen molar-refractivity contribution in [1.82, 2.24) is 5.32 Å². The second kappa shape index (κ2) is 9.91. The molecule has 0 aliphatic rings. The van der Waals surface area contributed by atoms with E-state index in [1.54, 1.807) is 11.8 Å². The molecule has 1 amide bonds. The Balaban J connectivity index is 5.04. The third-order valence-electron chi connectivity index (χ3n) is 3.52. The molecule has 0 heterocycles. The molecular weight excluding hydrogens is 274 g/mol. The quantitative estimate of drug-likeness (QED) is 0.250. The van der Waals surface area contributed by atoms with Crippen molar-refractivity contribution < 1.29 is 10.0 Å². The zero-order valence-electron chi connectivity index (χ0n) is 13.1. The largest absolute Gasteiger partial charge is 0.409 e. The summed E-state index contributed by atoms with van der Waals surface area (Å²) >= 11 is 1.76. The first-order valence-electron chi connectivity index (χ1n) is 7.26. The van der Waals surface area contributed by atoms with Crippen molar-refractivity contribution in [3.63, 3.8) is 0 Å². The first-order chi connectivity index (χ1) is 9.48. The molecule has 0 saturated heterocycles. The van der Waals surface area contributed by atoms with E-state index in [2.05, 4.69) is 10.5 Å². The fourth-order valence-electron chi connectivity index (χ4n) is 2.40. The highest BCUT2D eigenvalue weighted by Gasteiger charge is 2.41. The Bertz CT molecular complexity index is 316. The van der Waals surface area contributed by atoms with Gasteiger partial charge in [0.2, 0.25) is 5.91 Å². The van der Waals surface area contributed by atoms with Gasteiger partial charge < -0.3 is 16.3 Å². The first kappa shape index (κ1) is 19.1. The number of nitrogens with one attached hydrogen (secondary N) is 1. The van der Waals surface area contributed by atoms with Gasteiger partial charge in [0.1, 0.15) is 5.41 Å². The molecular formula is C14H29N3O2S. The lowest BCUT2D eigenvalue weighted by Crippen LogP contribution is -2.52. The van der Waals surface area contributed by atoms with Gasteiger partial charge in [0.25, 0.3) is 0 Å². The van der Waals surface area contributed by atoms with Crippen LogP contribution in [-0.4, -0.2) is 35.0 Å². The van der Waals surface area contributed by atoms with E-state index in [1.165, 1.54) is 0 Å². The Hall–Kier alpha value is -0.910. The van der Waals surface area contributed by atoms with Crippen molar-refractivity contribution >= 4 is 23.5 Å². The van der Waals surface area contributed by atoms with Crippen LogP contribution in [0.3, 0.4) is 0 Å². The Labute approximate surface area is 126 Å². The van der Waals surface area contributed by atoms with Crippen LogP contribution in [0.5, 0.6) is 0 Å². The molecule has 5 nitrogen and oxygen atoms in total. The number of nitrogens with two attached hydrogens (primary N) is 1. The summed E-state index contributed by atoms with van der Waals surface area (Å²) in [6.45, 7) is 5.99. The lowest BCUT2D eigenvalue weighted by molar-refractivity contribution is -0.129. The van der Waals surface area contributed by atoms with Crippen molar-refractivity contribution in [3.05, 3.63) is 0 Å². The maximum Gasteiger partial charge on any atom is 0.234 e. The Morgan fingerprint density at radius 3 is 2.35 bits per heavy atom. The summed E-state index contributed by atoms with van der Waals surface area (Å²) in [6.07, 6.45) is 5.77. The van der Waals surface area contributed by atoms with Gasteiger partial charge in [-0.3, -0.25) is 4.79 Å². The van der Waals surface area contributed by atoms with Gasteiger partial charge in [-0.05, 0) is 38.2 Å². The van der Waals surface area contributed by atoms with Gasteiger partial charge in [-0.25, -0.2) is 0 Å². The highest BCUT2D eigenvalue weighted by Crippen LogP contribution is 2.31. The van der Waals surface area contributed by atoms with E-state index in [4.69, 9.17) is 10.9 Å². The molecule has 0 bridgehead atoms. The van der Waals surface area contributed by atoms with Gasteiger partial charge >= 0.3 is 0 Å². The van der Waals surface area contributed by atoms with Crippen LogP contribution in [0, 0.1) is 5.41 Å². The van der Waals surface area contributed by atoms with Crippen LogP contribution >= 0.6 is 11.8 Å². The summed E-state index contributed by atoms with van der Waals surface area (Å²) in [4.78, 5) is 12.6. The molecule has 0 spiro atoms. The predicted molar refractivity (Wildman–Crippen MR) is 86.3 cm³/mol. The second-order valence-electron chi connectivity index (χ2n) is 5.22. The van der Waals surface area contributed by atoms with E-state index in [1.807, 2.05) is 27.0 Å². The van der Waals surface area contributed by atoms with Crippen LogP contribution in [0.2, 0.25) is 0 Å². The van der Waals surface area contributed by atoms with Crippen LogP contribution < -0.4 is 11.1 Å². The van der Waals surface area contributed by atoms with Crippen molar-refractivity contribution in [2.45, 2.75) is 58.9 Å². The summed E-state index contributed by atoms with van der Waals surface area (Å²) in [7, 11) is 0. The summed E-state index contributed by atoms with van der Waals surface area (Å²) < 4.78 is 0. The van der Waals surface area contributed by atoms with Gasteiger partial charge in [-0.2, -0.15) is 11.8 Å². The van der Waals surface area contributed by atoms with Crippen molar-refractivity contribution in [3.8, 4) is 0 Å². The number of nitrogens with zero attached hydrogens (tertiary/aromatic N) is 1. The average Bonchev–Trinajstić information content (AvgIpc) is 2.43. The number of hydrogen-bond acceptors (Lipinski definition) is 4. The number of thioether (sulfide) groups is 1. The van der Waals surface area contributed by atoms with E-state index in [9.17, 15) is 4.79 Å². The second-order valence-corrected chi connectivity index (χ2v) is 6.21. The number of amides is 1. The zero-order valence-corrected chi connectivity index (χ0v) is 13.9. The molecule has 0 aliphatic heterocycles. The molecule has 0 radical (unpaired) electrons.